The fraction of sp³-hybridized carbons (Fsp3) is 0.588. The van der Waals surface area contributed by atoms with Gasteiger partial charge < -0.3 is 10.4 Å². The van der Waals surface area contributed by atoms with E-state index >= 15 is 0 Å². The number of amides is 1. The van der Waals surface area contributed by atoms with E-state index in [2.05, 4.69) is 5.32 Å². The second kappa shape index (κ2) is 6.73. The van der Waals surface area contributed by atoms with Crippen molar-refractivity contribution in [3.8, 4) is 0 Å². The predicted octanol–water partition coefficient (Wildman–Crippen LogP) is 2.91. The number of aliphatic hydroxyl groups is 1. The molecule has 1 amide bonds. The molecule has 0 aliphatic heterocycles. The SMILES string of the molecule is CC(CO)C(C)NC(=O)C1(c2ccc(F)cc2F)CCCC1. The second-order valence-corrected chi connectivity index (χ2v) is 6.34. The quantitative estimate of drug-likeness (QED) is 0.878. The summed E-state index contributed by atoms with van der Waals surface area (Å²) >= 11 is 0. The van der Waals surface area contributed by atoms with Crippen molar-refractivity contribution in [3.05, 3.63) is 35.4 Å². The molecule has 3 nitrogen and oxygen atoms in total. The van der Waals surface area contributed by atoms with Gasteiger partial charge in [-0.15, -0.1) is 0 Å². The van der Waals surface area contributed by atoms with E-state index in [1.165, 1.54) is 12.1 Å². The van der Waals surface area contributed by atoms with Crippen LogP contribution in [0, 0.1) is 17.6 Å². The average molecular weight is 311 g/mol. The summed E-state index contributed by atoms with van der Waals surface area (Å²) in [6.45, 7) is 3.63. The molecule has 1 aliphatic carbocycles. The zero-order chi connectivity index (χ0) is 16.3. The molecule has 1 aliphatic rings. The van der Waals surface area contributed by atoms with E-state index in [1.807, 2.05) is 13.8 Å². The van der Waals surface area contributed by atoms with E-state index in [0.717, 1.165) is 18.9 Å². The summed E-state index contributed by atoms with van der Waals surface area (Å²) in [5.41, 5.74) is -0.658. The lowest BCUT2D eigenvalue weighted by Gasteiger charge is -2.31. The molecule has 2 unspecified atom stereocenters. The van der Waals surface area contributed by atoms with Gasteiger partial charge in [0.15, 0.2) is 0 Å². The summed E-state index contributed by atoms with van der Waals surface area (Å²) in [6, 6.07) is 3.21. The Morgan fingerprint density at radius 1 is 1.32 bits per heavy atom. The van der Waals surface area contributed by atoms with Gasteiger partial charge >= 0.3 is 0 Å². The minimum absolute atomic E-state index is 0.0284. The van der Waals surface area contributed by atoms with Crippen LogP contribution >= 0.6 is 0 Å². The van der Waals surface area contributed by atoms with Crippen LogP contribution in [0.25, 0.3) is 0 Å². The lowest BCUT2D eigenvalue weighted by atomic mass is 9.77. The Labute approximate surface area is 129 Å². The molecule has 122 valence electrons. The molecule has 1 aromatic carbocycles. The molecule has 1 saturated carbocycles. The zero-order valence-corrected chi connectivity index (χ0v) is 13.0. The molecular weight excluding hydrogens is 288 g/mol. The van der Waals surface area contributed by atoms with E-state index in [0.29, 0.717) is 12.8 Å². The number of hydrogen-bond acceptors (Lipinski definition) is 2. The molecule has 22 heavy (non-hydrogen) atoms. The number of aliphatic hydroxyl groups excluding tert-OH is 1. The molecule has 2 N–H and O–H groups in total. The summed E-state index contributed by atoms with van der Waals surface area (Å²) in [5.74, 6) is -1.62. The Hall–Kier alpha value is -1.49. The highest BCUT2D eigenvalue weighted by atomic mass is 19.1. The van der Waals surface area contributed by atoms with Gasteiger partial charge in [-0.05, 0) is 31.7 Å². The lowest BCUT2D eigenvalue weighted by Crippen LogP contribution is -2.48. The van der Waals surface area contributed by atoms with Gasteiger partial charge in [0, 0.05) is 24.3 Å². The first-order valence-corrected chi connectivity index (χ1v) is 7.78. The summed E-state index contributed by atoms with van der Waals surface area (Å²) in [7, 11) is 0. The molecule has 5 heteroatoms. The van der Waals surface area contributed by atoms with Crippen LogP contribution < -0.4 is 5.32 Å². The highest BCUT2D eigenvalue weighted by molar-refractivity contribution is 5.88. The average Bonchev–Trinajstić information content (AvgIpc) is 2.96. The number of carbonyl (C=O) groups is 1. The van der Waals surface area contributed by atoms with Crippen LogP contribution in [-0.4, -0.2) is 23.7 Å². The molecule has 2 atom stereocenters. The Kier molecular flexibility index (Phi) is 5.16. The lowest BCUT2D eigenvalue weighted by molar-refractivity contribution is -0.127. The van der Waals surface area contributed by atoms with Crippen molar-refractivity contribution in [1.29, 1.82) is 0 Å². The maximum absolute atomic E-state index is 14.2. The van der Waals surface area contributed by atoms with Gasteiger partial charge in [0.1, 0.15) is 11.6 Å². The van der Waals surface area contributed by atoms with Crippen LogP contribution in [0.4, 0.5) is 8.78 Å². The molecule has 1 aromatic rings. The van der Waals surface area contributed by atoms with Crippen LogP contribution in [-0.2, 0) is 10.2 Å². The van der Waals surface area contributed by atoms with Gasteiger partial charge in [-0.1, -0.05) is 25.8 Å². The fourth-order valence-electron chi connectivity index (χ4n) is 3.12. The van der Waals surface area contributed by atoms with Crippen molar-refractivity contribution in [2.24, 2.45) is 5.92 Å². The van der Waals surface area contributed by atoms with Gasteiger partial charge in [0.05, 0.1) is 5.41 Å². The Morgan fingerprint density at radius 2 is 1.95 bits per heavy atom. The third-order valence-electron chi connectivity index (χ3n) is 4.84. The van der Waals surface area contributed by atoms with Crippen LogP contribution in [0.2, 0.25) is 0 Å². The smallest absolute Gasteiger partial charge is 0.230 e. The fourth-order valence-corrected chi connectivity index (χ4v) is 3.12. The van der Waals surface area contributed by atoms with Gasteiger partial charge in [-0.3, -0.25) is 4.79 Å². The first-order chi connectivity index (χ1) is 10.4. The predicted molar refractivity (Wildman–Crippen MR) is 80.4 cm³/mol. The number of nitrogens with one attached hydrogen (secondary N) is 1. The van der Waals surface area contributed by atoms with Gasteiger partial charge in [-0.25, -0.2) is 8.78 Å². The maximum Gasteiger partial charge on any atom is 0.230 e. The number of halogens is 2. The highest BCUT2D eigenvalue weighted by Gasteiger charge is 2.44. The molecule has 0 heterocycles. The van der Waals surface area contributed by atoms with Crippen molar-refractivity contribution >= 4 is 5.91 Å². The minimum atomic E-state index is -0.929. The van der Waals surface area contributed by atoms with E-state index < -0.39 is 17.0 Å². The summed E-state index contributed by atoms with van der Waals surface area (Å²) in [6.07, 6.45) is 2.80. The molecule has 0 saturated heterocycles. The first kappa shape index (κ1) is 16.9. The number of hydrogen-bond donors (Lipinski definition) is 2. The second-order valence-electron chi connectivity index (χ2n) is 6.34. The molecule has 0 aromatic heterocycles. The van der Waals surface area contributed by atoms with E-state index in [-0.39, 0.29) is 30.0 Å². The van der Waals surface area contributed by atoms with Crippen LogP contribution in [0.15, 0.2) is 18.2 Å². The summed E-state index contributed by atoms with van der Waals surface area (Å²) < 4.78 is 27.4. The normalized spacial score (nSPS) is 19.7. The molecule has 2 rings (SSSR count). The number of rotatable bonds is 5. The van der Waals surface area contributed by atoms with Gasteiger partial charge in [0.2, 0.25) is 5.91 Å². The summed E-state index contributed by atoms with van der Waals surface area (Å²) in [5, 5.41) is 12.1. The third-order valence-corrected chi connectivity index (χ3v) is 4.84. The molecule has 1 fully saturated rings. The van der Waals surface area contributed by atoms with Gasteiger partial charge in [-0.2, -0.15) is 0 Å². The van der Waals surface area contributed by atoms with Crippen LogP contribution in [0.5, 0.6) is 0 Å². The Balaban J connectivity index is 2.30. The number of benzene rings is 1. The van der Waals surface area contributed by atoms with E-state index in [9.17, 15) is 18.7 Å². The highest BCUT2D eigenvalue weighted by Crippen LogP contribution is 2.42. The van der Waals surface area contributed by atoms with Crippen molar-refractivity contribution in [2.45, 2.75) is 51.0 Å². The minimum Gasteiger partial charge on any atom is -0.396 e. The topological polar surface area (TPSA) is 49.3 Å². The van der Waals surface area contributed by atoms with Gasteiger partial charge in [0.25, 0.3) is 0 Å². The molecular formula is C17H23F2NO2. The standard InChI is InChI=1S/C17H23F2NO2/c1-11(10-21)12(2)20-16(22)17(7-3-4-8-17)14-6-5-13(18)9-15(14)19/h5-6,9,11-12,21H,3-4,7-8,10H2,1-2H3,(H,20,22). The van der Waals surface area contributed by atoms with Crippen molar-refractivity contribution in [2.75, 3.05) is 6.61 Å². The van der Waals surface area contributed by atoms with E-state index in [4.69, 9.17) is 0 Å². The van der Waals surface area contributed by atoms with E-state index in [1.54, 1.807) is 0 Å². The third kappa shape index (κ3) is 3.14. The Morgan fingerprint density at radius 3 is 2.50 bits per heavy atom. The molecule has 0 spiro atoms. The molecule has 0 radical (unpaired) electrons. The monoisotopic (exact) mass is 311 g/mol. The molecule has 0 bridgehead atoms. The number of carbonyl (C=O) groups excluding carboxylic acids is 1. The summed E-state index contributed by atoms with van der Waals surface area (Å²) in [4.78, 5) is 12.8. The van der Waals surface area contributed by atoms with Crippen LogP contribution in [0.1, 0.15) is 45.1 Å². The van der Waals surface area contributed by atoms with Crippen molar-refractivity contribution in [1.82, 2.24) is 5.32 Å². The zero-order valence-electron chi connectivity index (χ0n) is 13.0. The largest absolute Gasteiger partial charge is 0.396 e. The van der Waals surface area contributed by atoms with Crippen LogP contribution in [0.3, 0.4) is 0 Å². The Bertz CT molecular complexity index is 541. The maximum atomic E-state index is 14.2. The van der Waals surface area contributed by atoms with Crippen molar-refractivity contribution < 1.29 is 18.7 Å². The van der Waals surface area contributed by atoms with Crippen molar-refractivity contribution in [3.63, 3.8) is 0 Å². The first-order valence-electron chi connectivity index (χ1n) is 7.78.